The molecular formula is C61H102O31. The number of hydrogen-bond acceptors (Lipinski definition) is 31. The van der Waals surface area contributed by atoms with Crippen LogP contribution in [-0.4, -0.2) is 322 Å². The zero-order valence-corrected chi connectivity index (χ0v) is 52.5. The van der Waals surface area contributed by atoms with Gasteiger partial charge in [-0.05, 0) is 111 Å². The van der Waals surface area contributed by atoms with Crippen molar-refractivity contribution >= 4 is 0 Å². The van der Waals surface area contributed by atoms with Gasteiger partial charge in [0.25, 0.3) is 0 Å². The summed E-state index contributed by atoms with van der Waals surface area (Å²) in [5, 5.41) is 195. The smallest absolute Gasteiger partial charge is 0.187 e. The monoisotopic (exact) mass is 1330 g/mol. The topological polar surface area (TPSA) is 484 Å². The molecule has 31 heteroatoms. The van der Waals surface area contributed by atoms with Gasteiger partial charge in [0.05, 0.1) is 58.0 Å². The fourth-order valence-electron chi connectivity index (χ4n) is 18.0. The number of fused-ring (bicyclic) bond motifs is 7. The normalized spacial score (nSPS) is 55.9. The Morgan fingerprint density at radius 1 is 0.478 bits per heavy atom. The molecule has 7 aliphatic heterocycles. The van der Waals surface area contributed by atoms with E-state index in [0.717, 1.165) is 38.5 Å². The van der Waals surface area contributed by atoms with Crippen LogP contribution in [0.3, 0.4) is 0 Å². The predicted molar refractivity (Wildman–Crippen MR) is 303 cm³/mol. The molecule has 0 radical (unpaired) electrons. The van der Waals surface area contributed by atoms with Crippen LogP contribution in [0.1, 0.15) is 98.8 Å². The molecule has 92 heavy (non-hydrogen) atoms. The molecule has 0 aromatic carbocycles. The van der Waals surface area contributed by atoms with Crippen molar-refractivity contribution in [2.24, 2.45) is 52.3 Å². The maximum Gasteiger partial charge on any atom is 0.187 e. The van der Waals surface area contributed by atoms with E-state index in [2.05, 4.69) is 20.8 Å². The SMILES string of the molecule is C[C@@H](CC[C@@]1(O)O[C@H]2C[C@H]3[C@@H]4CC[C@H]5C[C@H](O[C@@H]6O[C@H](CO)[C@H](O[C@@H]7O[C@H](CO)[C@@H](O)[C@H](O[C@@H]8OC[C@@H](O)[C@H](O)[C@H]8O)[C@H]7O[C@@H]7OC[C@@H](O)[C@H](O)[C@H]7O)[C@H](O)[C@H]6O[C@@H]6O[C@@H](C)[C@H](O)[C@@H](O)[C@H]6O)CC[C@]5(C)[C@H]4CC[C@]3(C)[C@H]2[C@@H]1C)CO[C@@H]1O[C@H](CO)[C@@H](O)[C@H](O)[C@H]1O. The van der Waals surface area contributed by atoms with Gasteiger partial charge in [-0.15, -0.1) is 0 Å². The van der Waals surface area contributed by atoms with Crippen LogP contribution in [-0.2, 0) is 61.6 Å². The Bertz CT molecular complexity index is 2390. The summed E-state index contributed by atoms with van der Waals surface area (Å²) in [4.78, 5) is 0. The van der Waals surface area contributed by atoms with Crippen molar-refractivity contribution in [2.45, 2.75) is 289 Å². The molecule has 532 valence electrons. The van der Waals surface area contributed by atoms with E-state index in [1.165, 1.54) is 6.92 Å². The van der Waals surface area contributed by atoms with Gasteiger partial charge >= 0.3 is 0 Å². The zero-order valence-electron chi connectivity index (χ0n) is 52.5. The highest BCUT2D eigenvalue weighted by Gasteiger charge is 2.69. The third kappa shape index (κ3) is 13.4. The van der Waals surface area contributed by atoms with Crippen molar-refractivity contribution in [3.63, 3.8) is 0 Å². The molecule has 7 heterocycles. The van der Waals surface area contributed by atoms with Crippen molar-refractivity contribution < 1.29 is 153 Å². The fraction of sp³-hybridized carbons (Fsp3) is 1.00. The van der Waals surface area contributed by atoms with Crippen molar-refractivity contribution in [1.82, 2.24) is 0 Å². The molecule has 0 amide bonds. The van der Waals surface area contributed by atoms with Crippen LogP contribution >= 0.6 is 0 Å². The van der Waals surface area contributed by atoms with Crippen LogP contribution in [0.25, 0.3) is 0 Å². The third-order valence-electron chi connectivity index (χ3n) is 23.5. The molecule has 0 aromatic rings. The van der Waals surface area contributed by atoms with Crippen LogP contribution in [0.2, 0.25) is 0 Å². The Labute approximate surface area is 532 Å². The van der Waals surface area contributed by atoms with E-state index in [1.54, 1.807) is 0 Å². The Balaban J connectivity index is 0.773. The second kappa shape index (κ2) is 28.8. The van der Waals surface area contributed by atoms with Gasteiger partial charge in [0.1, 0.15) is 128 Å². The Morgan fingerprint density at radius 2 is 1.02 bits per heavy atom. The predicted octanol–water partition coefficient (Wildman–Crippen LogP) is -6.00. The van der Waals surface area contributed by atoms with Crippen molar-refractivity contribution in [2.75, 3.05) is 39.6 Å². The van der Waals surface area contributed by atoms with Crippen LogP contribution < -0.4 is 0 Å². The highest BCUT2D eigenvalue weighted by atomic mass is 16.8. The van der Waals surface area contributed by atoms with Gasteiger partial charge in [-0.2, -0.15) is 0 Å². The average molecular weight is 1330 g/mol. The molecule has 40 atom stereocenters. The number of rotatable bonds is 19. The molecule has 4 aliphatic carbocycles. The van der Waals surface area contributed by atoms with Gasteiger partial charge < -0.3 is 153 Å². The van der Waals surface area contributed by atoms with E-state index >= 15 is 0 Å². The number of aliphatic hydroxyl groups is 18. The van der Waals surface area contributed by atoms with E-state index < -0.39 is 217 Å². The van der Waals surface area contributed by atoms with Crippen molar-refractivity contribution in [3.8, 4) is 0 Å². The Hall–Kier alpha value is -1.24. The summed E-state index contributed by atoms with van der Waals surface area (Å²) in [6.07, 6.45) is -40.3. The van der Waals surface area contributed by atoms with Crippen LogP contribution in [0.5, 0.6) is 0 Å². The van der Waals surface area contributed by atoms with Gasteiger partial charge in [0.2, 0.25) is 0 Å². The van der Waals surface area contributed by atoms with E-state index in [-0.39, 0.29) is 47.2 Å². The minimum atomic E-state index is -1.96. The fourth-order valence-corrected chi connectivity index (χ4v) is 18.0. The lowest BCUT2D eigenvalue weighted by Gasteiger charge is -2.61. The van der Waals surface area contributed by atoms with Gasteiger partial charge in [-0.3, -0.25) is 0 Å². The van der Waals surface area contributed by atoms with Gasteiger partial charge in [-0.1, -0.05) is 27.7 Å². The van der Waals surface area contributed by atoms with Gasteiger partial charge in [-0.25, -0.2) is 0 Å². The first kappa shape index (κ1) is 72.0. The quantitative estimate of drug-likeness (QED) is 0.0535. The molecule has 7 saturated heterocycles. The van der Waals surface area contributed by atoms with Crippen LogP contribution in [0.4, 0.5) is 0 Å². The maximum atomic E-state index is 12.7. The lowest BCUT2D eigenvalue weighted by atomic mass is 9.44. The van der Waals surface area contributed by atoms with Crippen LogP contribution in [0.15, 0.2) is 0 Å². The molecular weight excluding hydrogens is 1230 g/mol. The number of hydrogen-bond donors (Lipinski definition) is 18. The lowest BCUT2D eigenvalue weighted by Crippen LogP contribution is -2.68. The maximum absolute atomic E-state index is 12.7. The summed E-state index contributed by atoms with van der Waals surface area (Å²) in [6, 6.07) is 0. The largest absolute Gasteiger partial charge is 0.394 e. The Kier molecular flexibility index (Phi) is 22.5. The first-order chi connectivity index (χ1) is 43.6. The van der Waals surface area contributed by atoms with Gasteiger partial charge in [0, 0.05) is 12.3 Å². The summed E-state index contributed by atoms with van der Waals surface area (Å²) >= 11 is 0. The first-order valence-corrected chi connectivity index (χ1v) is 33.1. The molecule has 31 nitrogen and oxygen atoms in total. The summed E-state index contributed by atoms with van der Waals surface area (Å²) in [5.74, 6) is -0.280. The second-order valence-electron chi connectivity index (χ2n) is 29.0. The molecule has 0 spiro atoms. The molecule has 0 unspecified atom stereocenters. The summed E-state index contributed by atoms with van der Waals surface area (Å²) in [6.45, 7) is 6.84. The summed E-state index contributed by atoms with van der Waals surface area (Å²) < 4.78 is 79.3. The first-order valence-electron chi connectivity index (χ1n) is 33.1. The number of aliphatic hydroxyl groups excluding tert-OH is 17. The molecule has 11 rings (SSSR count). The second-order valence-corrected chi connectivity index (χ2v) is 29.0. The molecule has 0 bridgehead atoms. The van der Waals surface area contributed by atoms with Crippen LogP contribution in [0, 0.1) is 52.3 Å². The third-order valence-corrected chi connectivity index (χ3v) is 23.5. The van der Waals surface area contributed by atoms with Crippen molar-refractivity contribution in [3.05, 3.63) is 0 Å². The molecule has 18 N–H and O–H groups in total. The Morgan fingerprint density at radius 3 is 1.67 bits per heavy atom. The molecule has 0 aromatic heterocycles. The summed E-state index contributed by atoms with van der Waals surface area (Å²) in [7, 11) is 0. The molecule has 4 saturated carbocycles. The lowest BCUT2D eigenvalue weighted by molar-refractivity contribution is -0.408. The molecule has 11 aliphatic rings. The minimum absolute atomic E-state index is 0.102. The van der Waals surface area contributed by atoms with E-state index in [4.69, 9.17) is 61.6 Å². The number of ether oxygens (including phenoxy) is 13. The van der Waals surface area contributed by atoms with E-state index in [1.807, 2.05) is 6.92 Å². The zero-order chi connectivity index (χ0) is 66.4. The highest BCUT2D eigenvalue weighted by molar-refractivity contribution is 5.15. The minimum Gasteiger partial charge on any atom is -0.394 e. The standard InChI is InChI=1S/C61H102O31/c1-22(19-80-53-46(76)43(73)40(70)33(16-62)85-53)8-13-61(79)23(2)36-32(92-61)15-29-27-7-6-25-14-26(9-11-59(25,4)28(27)10-12-60(29,36)5)84-57-51(90-56-47(77)42(72)37(67)24(3)83-56)48(78)49(35(18-64)87-57)88-58-52(91-55-45(75)39(69)31(66)21-82-55)50(41(71)34(17-63)86-58)89-54-44(74)38(68)30(65)20-81-54/h22-58,62-79H,6-21H2,1-5H3/t22-,23-,24-,25-,26+,27+,28-,29-,30+,31+,32-,33+,34+,35+,36-,37-,38-,39-,40+,41+,42+,43-,44+,45+,46+,47+,48-,49-,50-,51+,52+,53+,54-,55-,56-,57+,58-,59-,60-,61+/m0/s1. The van der Waals surface area contributed by atoms with E-state index in [9.17, 15) is 91.9 Å². The summed E-state index contributed by atoms with van der Waals surface area (Å²) in [5.41, 5.74) is -0.208. The van der Waals surface area contributed by atoms with E-state index in [0.29, 0.717) is 43.4 Å². The average Bonchev–Trinajstić information content (AvgIpc) is 1.49. The van der Waals surface area contributed by atoms with Gasteiger partial charge in [0.15, 0.2) is 43.5 Å². The molecule has 11 fully saturated rings. The highest BCUT2D eigenvalue weighted by Crippen LogP contribution is 2.71. The van der Waals surface area contributed by atoms with Crippen molar-refractivity contribution in [1.29, 1.82) is 0 Å².